The van der Waals surface area contributed by atoms with E-state index < -0.39 is 10.7 Å². The van der Waals surface area contributed by atoms with Gasteiger partial charge >= 0.3 is 5.97 Å². The third kappa shape index (κ3) is 1.80. The largest absolute Gasteiger partial charge is 0.493 e. The smallest absolute Gasteiger partial charge is 0.320 e. The molecule has 3 rings (SSSR count). The van der Waals surface area contributed by atoms with Gasteiger partial charge in [-0.3, -0.25) is 4.79 Å². The highest BCUT2D eigenvalue weighted by molar-refractivity contribution is 8.01. The second-order valence-electron chi connectivity index (χ2n) is 4.62. The van der Waals surface area contributed by atoms with Crippen LogP contribution in [0.4, 0.5) is 0 Å². The van der Waals surface area contributed by atoms with Gasteiger partial charge in [-0.15, -0.1) is 11.8 Å². The summed E-state index contributed by atoms with van der Waals surface area (Å²) in [6, 6.07) is 6.01. The van der Waals surface area contributed by atoms with Crippen LogP contribution < -0.4 is 4.74 Å². The van der Waals surface area contributed by atoms with Crippen LogP contribution in [-0.4, -0.2) is 22.4 Å². The molecular formula is C13H14O3S. The van der Waals surface area contributed by atoms with E-state index in [4.69, 9.17) is 4.74 Å². The Labute approximate surface area is 104 Å². The molecule has 0 radical (unpaired) electrons. The van der Waals surface area contributed by atoms with Gasteiger partial charge in [-0.05, 0) is 43.0 Å². The van der Waals surface area contributed by atoms with Crippen LogP contribution >= 0.6 is 11.8 Å². The molecule has 0 aromatic heterocycles. The zero-order chi connectivity index (χ0) is 11.9. The summed E-state index contributed by atoms with van der Waals surface area (Å²) in [6.45, 7) is 0.744. The SMILES string of the molecule is O=C(O)C1(Sc2ccc3c(c2)CCO3)CCC1. The highest BCUT2D eigenvalue weighted by Crippen LogP contribution is 2.48. The van der Waals surface area contributed by atoms with Crippen molar-refractivity contribution >= 4 is 17.7 Å². The van der Waals surface area contributed by atoms with Crippen LogP contribution in [0.15, 0.2) is 23.1 Å². The molecule has 1 aromatic carbocycles. The Hall–Kier alpha value is -1.16. The minimum Gasteiger partial charge on any atom is -0.493 e. The Bertz CT molecular complexity index is 466. The van der Waals surface area contributed by atoms with Crippen molar-refractivity contribution in [1.29, 1.82) is 0 Å². The fourth-order valence-corrected chi connectivity index (χ4v) is 3.68. The summed E-state index contributed by atoms with van der Waals surface area (Å²) in [5.74, 6) is 0.276. The van der Waals surface area contributed by atoms with Crippen LogP contribution in [0, 0.1) is 0 Å². The molecule has 1 N–H and O–H groups in total. The van der Waals surface area contributed by atoms with E-state index in [1.165, 1.54) is 17.3 Å². The first-order valence-electron chi connectivity index (χ1n) is 5.88. The van der Waals surface area contributed by atoms with Gasteiger partial charge in [-0.1, -0.05) is 0 Å². The lowest BCUT2D eigenvalue weighted by atomic mass is 9.84. The van der Waals surface area contributed by atoms with E-state index in [-0.39, 0.29) is 0 Å². The Morgan fingerprint density at radius 2 is 2.24 bits per heavy atom. The van der Waals surface area contributed by atoms with Gasteiger partial charge in [0.15, 0.2) is 0 Å². The van der Waals surface area contributed by atoms with E-state index >= 15 is 0 Å². The number of thioether (sulfide) groups is 1. The molecule has 90 valence electrons. The van der Waals surface area contributed by atoms with E-state index in [0.717, 1.165) is 42.9 Å². The maximum Gasteiger partial charge on any atom is 0.320 e. The molecule has 1 heterocycles. The minimum atomic E-state index is -0.675. The number of hydrogen-bond donors (Lipinski definition) is 1. The molecule has 0 saturated heterocycles. The molecule has 1 fully saturated rings. The van der Waals surface area contributed by atoms with Gasteiger partial charge in [-0.25, -0.2) is 0 Å². The lowest BCUT2D eigenvalue weighted by Gasteiger charge is -2.36. The molecule has 17 heavy (non-hydrogen) atoms. The van der Waals surface area contributed by atoms with Crippen molar-refractivity contribution in [3.63, 3.8) is 0 Å². The van der Waals surface area contributed by atoms with Crippen molar-refractivity contribution in [2.45, 2.75) is 35.3 Å². The number of rotatable bonds is 3. The summed E-state index contributed by atoms with van der Waals surface area (Å²) in [6.07, 6.45) is 3.51. The summed E-state index contributed by atoms with van der Waals surface area (Å²) in [5, 5.41) is 9.29. The molecule has 3 nitrogen and oxygen atoms in total. The van der Waals surface area contributed by atoms with Crippen LogP contribution in [0.5, 0.6) is 5.75 Å². The minimum absolute atomic E-state index is 0.576. The van der Waals surface area contributed by atoms with Crippen molar-refractivity contribution < 1.29 is 14.6 Å². The Balaban J connectivity index is 1.83. The number of fused-ring (bicyclic) bond motifs is 1. The Morgan fingerprint density at radius 3 is 2.88 bits per heavy atom. The van der Waals surface area contributed by atoms with E-state index in [1.54, 1.807) is 0 Å². The van der Waals surface area contributed by atoms with Gasteiger partial charge in [0.05, 0.1) is 6.61 Å². The second kappa shape index (κ2) is 3.95. The lowest BCUT2D eigenvalue weighted by molar-refractivity contribution is -0.142. The number of ether oxygens (including phenoxy) is 1. The maximum absolute atomic E-state index is 11.3. The topological polar surface area (TPSA) is 46.5 Å². The van der Waals surface area contributed by atoms with Crippen LogP contribution in [0.2, 0.25) is 0 Å². The van der Waals surface area contributed by atoms with Gasteiger partial charge in [-0.2, -0.15) is 0 Å². The number of aliphatic carboxylic acids is 1. The Morgan fingerprint density at radius 1 is 1.41 bits per heavy atom. The number of carbonyl (C=O) groups is 1. The molecule has 0 amide bonds. The molecule has 2 aliphatic rings. The van der Waals surface area contributed by atoms with Crippen LogP contribution in [0.3, 0.4) is 0 Å². The van der Waals surface area contributed by atoms with Gasteiger partial charge in [0, 0.05) is 11.3 Å². The molecule has 4 heteroatoms. The van der Waals surface area contributed by atoms with Crippen molar-refractivity contribution in [3.05, 3.63) is 23.8 Å². The number of carboxylic acid groups (broad SMARTS) is 1. The van der Waals surface area contributed by atoms with Crippen molar-refractivity contribution in [1.82, 2.24) is 0 Å². The summed E-state index contributed by atoms with van der Waals surface area (Å²) < 4.78 is 4.87. The molecular weight excluding hydrogens is 236 g/mol. The predicted molar refractivity (Wildman–Crippen MR) is 65.7 cm³/mol. The van der Waals surface area contributed by atoms with Crippen molar-refractivity contribution in [3.8, 4) is 5.75 Å². The number of benzene rings is 1. The first kappa shape index (κ1) is 11.0. The van der Waals surface area contributed by atoms with E-state index in [1.807, 2.05) is 12.1 Å². The quantitative estimate of drug-likeness (QED) is 0.896. The molecule has 1 aliphatic heterocycles. The molecule has 1 saturated carbocycles. The van der Waals surface area contributed by atoms with E-state index in [0.29, 0.717) is 0 Å². The lowest BCUT2D eigenvalue weighted by Crippen LogP contribution is -2.41. The predicted octanol–water partition coefficient (Wildman–Crippen LogP) is 2.72. The van der Waals surface area contributed by atoms with Crippen LogP contribution in [0.25, 0.3) is 0 Å². The van der Waals surface area contributed by atoms with Gasteiger partial charge in [0.1, 0.15) is 10.5 Å². The highest BCUT2D eigenvalue weighted by atomic mass is 32.2. The first-order valence-corrected chi connectivity index (χ1v) is 6.69. The summed E-state index contributed by atoms with van der Waals surface area (Å²) in [4.78, 5) is 12.3. The standard InChI is InChI=1S/C13H14O3S/c14-12(15)13(5-1-6-13)17-10-2-3-11-9(8-10)4-7-16-11/h2-3,8H,1,4-7H2,(H,14,15). The molecule has 0 spiro atoms. The average Bonchev–Trinajstić information content (AvgIpc) is 2.69. The summed E-state index contributed by atoms with van der Waals surface area (Å²) >= 11 is 1.50. The first-order chi connectivity index (χ1) is 8.20. The van der Waals surface area contributed by atoms with Crippen molar-refractivity contribution in [2.24, 2.45) is 0 Å². The van der Waals surface area contributed by atoms with Crippen LogP contribution in [-0.2, 0) is 11.2 Å². The third-order valence-corrected chi connectivity index (χ3v) is 4.99. The monoisotopic (exact) mass is 250 g/mol. The number of hydrogen-bond acceptors (Lipinski definition) is 3. The Kier molecular flexibility index (Phi) is 2.54. The second-order valence-corrected chi connectivity index (χ2v) is 6.08. The average molecular weight is 250 g/mol. The molecule has 0 unspecified atom stereocenters. The van der Waals surface area contributed by atoms with Crippen molar-refractivity contribution in [2.75, 3.05) is 6.61 Å². The molecule has 1 aromatic rings. The van der Waals surface area contributed by atoms with Crippen LogP contribution in [0.1, 0.15) is 24.8 Å². The van der Waals surface area contributed by atoms with Gasteiger partial charge in [0.25, 0.3) is 0 Å². The normalized spacial score (nSPS) is 20.2. The summed E-state index contributed by atoms with van der Waals surface area (Å²) in [7, 11) is 0. The fraction of sp³-hybridized carbons (Fsp3) is 0.462. The molecule has 0 bridgehead atoms. The number of carboxylic acids is 1. The molecule has 0 atom stereocenters. The molecule has 1 aliphatic carbocycles. The fourth-order valence-electron chi connectivity index (χ4n) is 2.31. The van der Waals surface area contributed by atoms with E-state index in [2.05, 4.69) is 6.07 Å². The van der Waals surface area contributed by atoms with Gasteiger partial charge in [0.2, 0.25) is 0 Å². The maximum atomic E-state index is 11.3. The zero-order valence-corrected chi connectivity index (χ0v) is 10.3. The van der Waals surface area contributed by atoms with Gasteiger partial charge < -0.3 is 9.84 Å². The highest BCUT2D eigenvalue weighted by Gasteiger charge is 2.45. The summed E-state index contributed by atoms with van der Waals surface area (Å²) in [5.41, 5.74) is 1.20. The van der Waals surface area contributed by atoms with E-state index in [9.17, 15) is 9.90 Å². The third-order valence-electron chi connectivity index (χ3n) is 3.53. The zero-order valence-electron chi connectivity index (χ0n) is 9.44.